The predicted octanol–water partition coefficient (Wildman–Crippen LogP) is 3.91. The molecule has 3 aromatic rings. The maximum atomic E-state index is 4.50. The van der Waals surface area contributed by atoms with Crippen LogP contribution < -0.4 is 0 Å². The van der Waals surface area contributed by atoms with Crippen LogP contribution in [-0.4, -0.2) is 9.97 Å². The van der Waals surface area contributed by atoms with Gasteiger partial charge in [0.2, 0.25) is 0 Å². The van der Waals surface area contributed by atoms with E-state index in [9.17, 15) is 0 Å². The summed E-state index contributed by atoms with van der Waals surface area (Å²) in [4.78, 5) is 8.81. The van der Waals surface area contributed by atoms with Crippen molar-refractivity contribution in [1.82, 2.24) is 9.97 Å². The first-order valence-electron chi connectivity index (χ1n) is 6.04. The number of aryl methyl sites for hydroxylation is 2. The van der Waals surface area contributed by atoms with Crippen LogP contribution in [0.1, 0.15) is 11.5 Å². The number of aromatic nitrogens is 2. The first-order valence-corrected chi connectivity index (χ1v) is 6.04. The first-order chi connectivity index (χ1) is 8.72. The van der Waals surface area contributed by atoms with Crippen LogP contribution in [0, 0.1) is 13.8 Å². The second kappa shape index (κ2) is 4.22. The van der Waals surface area contributed by atoms with E-state index in [-0.39, 0.29) is 0 Å². The molecule has 3 rings (SSSR count). The predicted molar refractivity (Wildman–Crippen MR) is 74.4 cm³/mol. The van der Waals surface area contributed by atoms with E-state index in [0.717, 1.165) is 22.8 Å². The molecule has 0 saturated carbocycles. The van der Waals surface area contributed by atoms with Gasteiger partial charge in [-0.3, -0.25) is 0 Å². The van der Waals surface area contributed by atoms with E-state index >= 15 is 0 Å². The summed E-state index contributed by atoms with van der Waals surface area (Å²) in [7, 11) is 0. The number of benzene rings is 2. The van der Waals surface area contributed by atoms with Gasteiger partial charge in [-0.1, -0.05) is 36.4 Å². The van der Waals surface area contributed by atoms with Crippen molar-refractivity contribution in [3.63, 3.8) is 0 Å². The zero-order chi connectivity index (χ0) is 12.5. The van der Waals surface area contributed by atoms with Gasteiger partial charge in [-0.15, -0.1) is 0 Å². The zero-order valence-electron chi connectivity index (χ0n) is 10.5. The van der Waals surface area contributed by atoms with Crippen LogP contribution in [0.25, 0.3) is 22.0 Å². The Bertz CT molecular complexity index is 697. The molecule has 88 valence electrons. The van der Waals surface area contributed by atoms with Crippen LogP contribution in [0.3, 0.4) is 0 Å². The molecule has 0 N–H and O–H groups in total. The maximum Gasteiger partial charge on any atom is 0.126 e. The molecule has 0 saturated heterocycles. The fraction of sp³-hybridized carbons (Fsp3) is 0.125. The Balaban J connectivity index is 2.19. The lowest BCUT2D eigenvalue weighted by Crippen LogP contribution is -1.93. The Labute approximate surface area is 106 Å². The molecule has 0 unspecified atom stereocenters. The molecule has 0 radical (unpaired) electrons. The third kappa shape index (κ3) is 1.97. The van der Waals surface area contributed by atoms with Crippen molar-refractivity contribution in [3.05, 3.63) is 60.0 Å². The van der Waals surface area contributed by atoms with Gasteiger partial charge in [0.25, 0.3) is 0 Å². The van der Waals surface area contributed by atoms with Crippen molar-refractivity contribution in [3.8, 4) is 11.3 Å². The van der Waals surface area contributed by atoms with Gasteiger partial charge in [0.05, 0.1) is 5.69 Å². The summed E-state index contributed by atoms with van der Waals surface area (Å²) in [6.45, 7) is 3.93. The highest BCUT2D eigenvalue weighted by Gasteiger charge is 2.03. The van der Waals surface area contributed by atoms with E-state index in [4.69, 9.17) is 0 Å². The van der Waals surface area contributed by atoms with E-state index in [2.05, 4.69) is 52.4 Å². The molecule has 0 aliphatic carbocycles. The Morgan fingerprint density at radius 1 is 0.778 bits per heavy atom. The van der Waals surface area contributed by atoms with Crippen LogP contribution in [0.5, 0.6) is 0 Å². The van der Waals surface area contributed by atoms with Crippen LogP contribution in [0.2, 0.25) is 0 Å². The van der Waals surface area contributed by atoms with Gasteiger partial charge < -0.3 is 0 Å². The Morgan fingerprint density at radius 3 is 2.33 bits per heavy atom. The fourth-order valence-electron chi connectivity index (χ4n) is 2.21. The molecule has 0 amide bonds. The molecule has 0 aliphatic heterocycles. The Hall–Kier alpha value is -2.22. The molecular weight excluding hydrogens is 220 g/mol. The maximum absolute atomic E-state index is 4.50. The summed E-state index contributed by atoms with van der Waals surface area (Å²) in [6, 6.07) is 16.8. The smallest absolute Gasteiger partial charge is 0.126 e. The molecule has 0 fully saturated rings. The van der Waals surface area contributed by atoms with Crippen molar-refractivity contribution < 1.29 is 0 Å². The van der Waals surface area contributed by atoms with Crippen LogP contribution in [0.15, 0.2) is 48.5 Å². The molecule has 1 heterocycles. The third-order valence-corrected chi connectivity index (χ3v) is 3.01. The van der Waals surface area contributed by atoms with Gasteiger partial charge in [-0.25, -0.2) is 9.97 Å². The summed E-state index contributed by atoms with van der Waals surface area (Å²) in [5, 5.41) is 2.49. The second-order valence-electron chi connectivity index (χ2n) is 4.50. The number of rotatable bonds is 1. The van der Waals surface area contributed by atoms with Crippen LogP contribution in [0.4, 0.5) is 0 Å². The van der Waals surface area contributed by atoms with Crippen molar-refractivity contribution >= 4 is 10.8 Å². The lowest BCUT2D eigenvalue weighted by Gasteiger charge is -2.05. The van der Waals surface area contributed by atoms with Crippen LogP contribution >= 0.6 is 0 Å². The summed E-state index contributed by atoms with van der Waals surface area (Å²) in [5.74, 6) is 0.818. The molecule has 2 heteroatoms. The normalized spacial score (nSPS) is 10.8. The molecule has 0 atom stereocenters. The standard InChI is InChI=1S/C16H14N2/c1-11-9-16(18-12(2)17-11)15-8-7-13-5-3-4-6-14(13)10-15/h3-10H,1-2H3. The van der Waals surface area contributed by atoms with Crippen molar-refractivity contribution in [2.24, 2.45) is 0 Å². The molecule has 18 heavy (non-hydrogen) atoms. The average molecular weight is 234 g/mol. The highest BCUT2D eigenvalue weighted by Crippen LogP contribution is 2.23. The summed E-state index contributed by atoms with van der Waals surface area (Å²) < 4.78 is 0. The number of hydrogen-bond acceptors (Lipinski definition) is 2. The minimum Gasteiger partial charge on any atom is -0.239 e. The molecule has 2 nitrogen and oxygen atoms in total. The zero-order valence-corrected chi connectivity index (χ0v) is 10.5. The van der Waals surface area contributed by atoms with Gasteiger partial charge in [-0.2, -0.15) is 0 Å². The lowest BCUT2D eigenvalue weighted by atomic mass is 10.0. The highest BCUT2D eigenvalue weighted by molar-refractivity contribution is 5.86. The van der Waals surface area contributed by atoms with Gasteiger partial charge in [0, 0.05) is 11.3 Å². The SMILES string of the molecule is Cc1cc(-c2ccc3ccccc3c2)nc(C)n1. The molecule has 1 aromatic heterocycles. The van der Waals surface area contributed by atoms with Gasteiger partial charge in [0.1, 0.15) is 5.82 Å². The molecule has 0 aliphatic rings. The van der Waals surface area contributed by atoms with E-state index in [0.29, 0.717) is 0 Å². The van der Waals surface area contributed by atoms with Crippen molar-refractivity contribution in [2.45, 2.75) is 13.8 Å². The minimum absolute atomic E-state index is 0.818. The lowest BCUT2D eigenvalue weighted by molar-refractivity contribution is 1.02. The van der Waals surface area contributed by atoms with Crippen LogP contribution in [-0.2, 0) is 0 Å². The van der Waals surface area contributed by atoms with E-state index < -0.39 is 0 Å². The van der Waals surface area contributed by atoms with Gasteiger partial charge in [0.15, 0.2) is 0 Å². The fourth-order valence-corrected chi connectivity index (χ4v) is 2.21. The second-order valence-corrected chi connectivity index (χ2v) is 4.50. The van der Waals surface area contributed by atoms with Gasteiger partial charge >= 0.3 is 0 Å². The molecular formula is C16H14N2. The number of fused-ring (bicyclic) bond motifs is 1. The van der Waals surface area contributed by atoms with E-state index in [1.54, 1.807) is 0 Å². The summed E-state index contributed by atoms with van der Waals surface area (Å²) in [5.41, 5.74) is 3.14. The third-order valence-electron chi connectivity index (χ3n) is 3.01. The average Bonchev–Trinajstić information content (AvgIpc) is 2.37. The largest absolute Gasteiger partial charge is 0.239 e. The Morgan fingerprint density at radius 2 is 1.56 bits per heavy atom. The number of hydrogen-bond donors (Lipinski definition) is 0. The number of nitrogens with zero attached hydrogens (tertiary/aromatic N) is 2. The Kier molecular flexibility index (Phi) is 2.56. The van der Waals surface area contributed by atoms with Crippen molar-refractivity contribution in [1.29, 1.82) is 0 Å². The quantitative estimate of drug-likeness (QED) is 0.638. The van der Waals surface area contributed by atoms with Crippen molar-refractivity contribution in [2.75, 3.05) is 0 Å². The molecule has 0 bridgehead atoms. The molecule has 0 spiro atoms. The summed E-state index contributed by atoms with van der Waals surface area (Å²) >= 11 is 0. The topological polar surface area (TPSA) is 25.8 Å². The summed E-state index contributed by atoms with van der Waals surface area (Å²) in [6.07, 6.45) is 0. The van der Waals surface area contributed by atoms with Gasteiger partial charge in [-0.05, 0) is 36.8 Å². The molecule has 2 aromatic carbocycles. The first kappa shape index (κ1) is 10.9. The van der Waals surface area contributed by atoms with E-state index in [1.165, 1.54) is 10.8 Å². The monoisotopic (exact) mass is 234 g/mol. The minimum atomic E-state index is 0.818. The highest BCUT2D eigenvalue weighted by atomic mass is 14.9. The van der Waals surface area contributed by atoms with E-state index in [1.807, 2.05) is 19.9 Å².